The number of aromatic nitrogens is 2. The highest BCUT2D eigenvalue weighted by molar-refractivity contribution is 6.14. The topological polar surface area (TPSA) is 134 Å². The summed E-state index contributed by atoms with van der Waals surface area (Å²) in [7, 11) is 1.27. The Morgan fingerprint density at radius 3 is 2.70 bits per heavy atom. The number of fused-ring (bicyclic) bond motifs is 4. The quantitative estimate of drug-likeness (QED) is 0.592. The van der Waals surface area contributed by atoms with Gasteiger partial charge in [-0.05, 0) is 11.6 Å². The predicted octanol–water partition coefficient (Wildman–Crippen LogP) is 2.04. The lowest BCUT2D eigenvalue weighted by molar-refractivity contribution is -0.139. The second-order valence-electron chi connectivity index (χ2n) is 7.73. The number of ether oxygens (including phenoxy) is 2. The zero-order valence-electron chi connectivity index (χ0n) is 17.7. The molecule has 0 saturated carbocycles. The molecule has 9 nitrogen and oxygen atoms in total. The second kappa shape index (κ2) is 7.53. The number of amides is 1. The smallest absolute Gasteiger partial charge is 0.311 e. The summed E-state index contributed by atoms with van der Waals surface area (Å²) >= 11 is 0. The lowest BCUT2D eigenvalue weighted by Crippen LogP contribution is -2.46. The highest BCUT2D eigenvalue weighted by atomic mass is 16.5. The Hall–Kier alpha value is -4.58. The predicted molar refractivity (Wildman–Crippen MR) is 117 cm³/mol. The van der Waals surface area contributed by atoms with Crippen LogP contribution in [0.1, 0.15) is 22.4 Å². The molecular weight excluding hydrogens is 422 g/mol. The second-order valence-corrected chi connectivity index (χ2v) is 7.73. The van der Waals surface area contributed by atoms with Crippen molar-refractivity contribution in [1.82, 2.24) is 10.2 Å². The molecule has 0 fully saturated rings. The van der Waals surface area contributed by atoms with Gasteiger partial charge < -0.3 is 20.1 Å². The van der Waals surface area contributed by atoms with Crippen molar-refractivity contribution in [2.24, 2.45) is 5.73 Å². The molecule has 164 valence electrons. The molecule has 5 rings (SSSR count). The van der Waals surface area contributed by atoms with Crippen LogP contribution in [0.25, 0.3) is 0 Å². The van der Waals surface area contributed by atoms with Crippen LogP contribution in [0.3, 0.4) is 0 Å². The number of hydrogen-bond acceptors (Lipinski definition) is 7. The third kappa shape index (κ3) is 2.81. The number of nitriles is 1. The number of aromatic amines is 1. The standard InChI is InChI=1S/C24H19N5O4/c1-32-19(30)11-17-20-22(28-27-17)33-21(26)16(12-25)24(20)15-9-5-6-10-18(15)29(23(24)31)13-14-7-3-2-4-8-14/h2-10H,11,13,26H2,1H3,(H,27,28)/t24-/m1/s1. The van der Waals surface area contributed by atoms with Gasteiger partial charge in [-0.15, -0.1) is 5.10 Å². The highest BCUT2D eigenvalue weighted by Crippen LogP contribution is 2.56. The van der Waals surface area contributed by atoms with Gasteiger partial charge in [0, 0.05) is 11.3 Å². The van der Waals surface area contributed by atoms with Gasteiger partial charge in [-0.2, -0.15) is 5.26 Å². The van der Waals surface area contributed by atoms with Crippen LogP contribution in [0, 0.1) is 11.3 Å². The molecule has 33 heavy (non-hydrogen) atoms. The van der Waals surface area contributed by atoms with Crippen molar-refractivity contribution in [1.29, 1.82) is 5.26 Å². The first-order chi connectivity index (χ1) is 16.0. The van der Waals surface area contributed by atoms with Gasteiger partial charge >= 0.3 is 5.97 Å². The van der Waals surface area contributed by atoms with E-state index in [4.69, 9.17) is 15.2 Å². The fourth-order valence-corrected chi connectivity index (χ4v) is 4.63. The maximum Gasteiger partial charge on any atom is 0.311 e. The Balaban J connectivity index is 1.78. The van der Waals surface area contributed by atoms with E-state index < -0.39 is 11.4 Å². The molecule has 1 atom stereocenters. The number of H-pyrrole nitrogens is 1. The minimum Gasteiger partial charge on any atom is -0.469 e. The molecular formula is C24H19N5O4. The molecule has 2 aliphatic rings. The van der Waals surface area contributed by atoms with E-state index in [0.717, 1.165) is 5.56 Å². The van der Waals surface area contributed by atoms with Crippen LogP contribution in [0.2, 0.25) is 0 Å². The largest absolute Gasteiger partial charge is 0.469 e. The molecule has 9 heteroatoms. The zero-order chi connectivity index (χ0) is 23.2. The van der Waals surface area contributed by atoms with E-state index in [-0.39, 0.29) is 36.2 Å². The summed E-state index contributed by atoms with van der Waals surface area (Å²) in [5.41, 5.74) is 7.24. The van der Waals surface area contributed by atoms with Crippen LogP contribution in [0.15, 0.2) is 66.1 Å². The van der Waals surface area contributed by atoms with Crippen molar-refractivity contribution >= 4 is 17.6 Å². The highest BCUT2D eigenvalue weighted by Gasteiger charge is 2.61. The number of anilines is 1. The number of rotatable bonds is 4. The number of nitrogens with zero attached hydrogens (tertiary/aromatic N) is 3. The molecule has 1 spiro atoms. The normalized spacial score (nSPS) is 18.5. The Labute approximate surface area is 189 Å². The van der Waals surface area contributed by atoms with E-state index in [1.54, 1.807) is 17.0 Å². The number of hydrogen-bond donors (Lipinski definition) is 2. The van der Waals surface area contributed by atoms with Crippen molar-refractivity contribution in [3.8, 4) is 11.9 Å². The van der Waals surface area contributed by atoms with Gasteiger partial charge in [-0.3, -0.25) is 14.7 Å². The van der Waals surface area contributed by atoms with Crippen LogP contribution in [0.4, 0.5) is 5.69 Å². The summed E-state index contributed by atoms with van der Waals surface area (Å²) in [5.74, 6) is -1.05. The van der Waals surface area contributed by atoms with Gasteiger partial charge in [0.2, 0.25) is 17.7 Å². The summed E-state index contributed by atoms with van der Waals surface area (Å²) < 4.78 is 10.4. The van der Waals surface area contributed by atoms with Gasteiger partial charge in [0.1, 0.15) is 17.1 Å². The molecule has 0 saturated heterocycles. The molecule has 2 aromatic carbocycles. The van der Waals surface area contributed by atoms with Crippen molar-refractivity contribution in [3.05, 3.63) is 88.4 Å². The minimum absolute atomic E-state index is 0.0458. The van der Waals surface area contributed by atoms with E-state index >= 15 is 0 Å². The molecule has 2 aliphatic heterocycles. The number of carbonyl (C=O) groups excluding carboxylic acids is 2. The van der Waals surface area contributed by atoms with Crippen LogP contribution < -0.4 is 15.4 Å². The first-order valence-electron chi connectivity index (χ1n) is 10.2. The van der Waals surface area contributed by atoms with Crippen LogP contribution in [-0.4, -0.2) is 29.2 Å². The maximum absolute atomic E-state index is 14.3. The summed E-state index contributed by atoms with van der Waals surface area (Å²) in [6, 6.07) is 18.9. The van der Waals surface area contributed by atoms with Gasteiger partial charge in [0.25, 0.3) is 0 Å². The van der Waals surface area contributed by atoms with Crippen LogP contribution >= 0.6 is 0 Å². The fraction of sp³-hybridized carbons (Fsp3) is 0.167. The number of nitrogens with one attached hydrogen (secondary N) is 1. The number of methoxy groups -OCH3 is 1. The summed E-state index contributed by atoms with van der Waals surface area (Å²) in [6.07, 6.45) is -0.184. The molecule has 3 heterocycles. The first-order valence-corrected chi connectivity index (χ1v) is 10.2. The maximum atomic E-state index is 14.3. The Morgan fingerprint density at radius 2 is 1.97 bits per heavy atom. The van der Waals surface area contributed by atoms with Gasteiger partial charge in [-0.1, -0.05) is 48.5 Å². The third-order valence-corrected chi connectivity index (χ3v) is 6.02. The van der Waals surface area contributed by atoms with E-state index in [2.05, 4.69) is 16.3 Å². The molecule has 3 N–H and O–H groups in total. The third-order valence-electron chi connectivity index (χ3n) is 6.02. The molecule has 0 radical (unpaired) electrons. The van der Waals surface area contributed by atoms with Crippen LogP contribution in [-0.2, 0) is 32.7 Å². The zero-order valence-corrected chi connectivity index (χ0v) is 17.7. The van der Waals surface area contributed by atoms with Gasteiger partial charge in [0.05, 0.1) is 31.3 Å². The SMILES string of the molecule is COC(=O)Cc1[nH]nc2c1[C@]1(C(=O)N(Cc3ccccc3)c3ccccc31)C(C#N)=C(N)O2. The first kappa shape index (κ1) is 20.3. The Bertz CT molecular complexity index is 1350. The van der Waals surface area contributed by atoms with E-state index in [9.17, 15) is 14.9 Å². The summed E-state index contributed by atoms with van der Waals surface area (Å²) in [4.78, 5) is 28.0. The molecule has 1 aromatic heterocycles. The van der Waals surface area contributed by atoms with Gasteiger partial charge in [-0.25, -0.2) is 0 Å². The van der Waals surface area contributed by atoms with Crippen molar-refractivity contribution < 1.29 is 19.1 Å². The monoisotopic (exact) mass is 441 g/mol. The van der Waals surface area contributed by atoms with Crippen LogP contribution in [0.5, 0.6) is 5.88 Å². The number of para-hydroxylation sites is 1. The fourth-order valence-electron chi connectivity index (χ4n) is 4.63. The summed E-state index contributed by atoms with van der Waals surface area (Å²) in [6.45, 7) is 0.289. The number of benzene rings is 2. The van der Waals surface area contributed by atoms with Gasteiger partial charge in [0.15, 0.2) is 0 Å². The minimum atomic E-state index is -1.60. The number of carbonyl (C=O) groups is 2. The average Bonchev–Trinajstić information content (AvgIpc) is 3.33. The van der Waals surface area contributed by atoms with Crippen molar-refractivity contribution in [2.75, 3.05) is 12.0 Å². The molecule has 0 aliphatic carbocycles. The lowest BCUT2D eigenvalue weighted by Gasteiger charge is -2.32. The van der Waals surface area contributed by atoms with E-state index in [1.165, 1.54) is 7.11 Å². The average molecular weight is 441 g/mol. The van der Waals surface area contributed by atoms with E-state index in [0.29, 0.717) is 22.5 Å². The summed E-state index contributed by atoms with van der Waals surface area (Å²) in [5, 5.41) is 17.1. The number of nitrogens with two attached hydrogens (primary N) is 1. The van der Waals surface area contributed by atoms with Crippen molar-refractivity contribution in [2.45, 2.75) is 18.4 Å². The molecule has 0 unspecified atom stereocenters. The number of esters is 1. The van der Waals surface area contributed by atoms with Crippen molar-refractivity contribution in [3.63, 3.8) is 0 Å². The Kier molecular flexibility index (Phi) is 4.64. The lowest BCUT2D eigenvalue weighted by atomic mass is 9.68. The molecule has 3 aromatic rings. The Morgan fingerprint density at radius 1 is 1.24 bits per heavy atom. The van der Waals surface area contributed by atoms with E-state index in [1.807, 2.05) is 42.5 Å². The molecule has 1 amide bonds. The molecule has 0 bridgehead atoms.